The van der Waals surface area contributed by atoms with Gasteiger partial charge >= 0.3 is 0 Å². The first-order valence-electron chi connectivity index (χ1n) is 6.84. The summed E-state index contributed by atoms with van der Waals surface area (Å²) in [5.74, 6) is -1.39. The Morgan fingerprint density at radius 1 is 1.33 bits per heavy atom. The van der Waals surface area contributed by atoms with E-state index in [0.717, 1.165) is 12.1 Å². The Balaban J connectivity index is 1.93. The molecule has 0 amide bonds. The molecule has 2 aromatic rings. The Bertz CT molecular complexity index is 574. The van der Waals surface area contributed by atoms with E-state index in [1.807, 2.05) is 30.8 Å². The normalized spacial score (nSPS) is 15.7. The maximum absolute atomic E-state index is 13.6. The molecule has 0 aliphatic carbocycles. The zero-order valence-corrected chi connectivity index (χ0v) is 12.0. The summed E-state index contributed by atoms with van der Waals surface area (Å²) in [5.41, 5.74) is 0.0860. The van der Waals surface area contributed by atoms with Crippen molar-refractivity contribution in [2.24, 2.45) is 0 Å². The third-order valence-corrected chi connectivity index (χ3v) is 3.62. The molecule has 114 valence electrons. The number of benzene rings is 1. The van der Waals surface area contributed by atoms with Gasteiger partial charge < -0.3 is 10.4 Å². The number of halogens is 2. The molecule has 0 fully saturated rings. The molecule has 0 saturated carbocycles. The first-order chi connectivity index (χ1) is 9.99. The monoisotopic (exact) mass is 295 g/mol. The van der Waals surface area contributed by atoms with Gasteiger partial charge in [-0.3, -0.25) is 4.68 Å². The Morgan fingerprint density at radius 2 is 2.10 bits per heavy atom. The fourth-order valence-corrected chi connectivity index (χ4v) is 2.10. The van der Waals surface area contributed by atoms with Gasteiger partial charge in [-0.05, 0) is 26.0 Å². The van der Waals surface area contributed by atoms with Crippen molar-refractivity contribution in [3.63, 3.8) is 0 Å². The summed E-state index contributed by atoms with van der Waals surface area (Å²) in [7, 11) is 0. The number of aliphatic hydroxyl groups is 1. The van der Waals surface area contributed by atoms with Crippen molar-refractivity contribution in [1.29, 1.82) is 0 Å². The van der Waals surface area contributed by atoms with E-state index in [2.05, 4.69) is 10.4 Å². The van der Waals surface area contributed by atoms with Crippen LogP contribution < -0.4 is 5.32 Å². The molecular weight excluding hydrogens is 276 g/mol. The van der Waals surface area contributed by atoms with E-state index in [1.165, 1.54) is 6.07 Å². The van der Waals surface area contributed by atoms with Gasteiger partial charge in [0.2, 0.25) is 0 Å². The number of nitrogens with zero attached hydrogens (tertiary/aromatic N) is 2. The third kappa shape index (κ3) is 3.86. The maximum Gasteiger partial charge on any atom is 0.131 e. The second-order valence-electron chi connectivity index (χ2n) is 5.11. The Hall–Kier alpha value is -1.79. The maximum atomic E-state index is 13.6. The molecule has 1 aromatic carbocycles. The van der Waals surface area contributed by atoms with E-state index < -0.39 is 17.7 Å². The van der Waals surface area contributed by atoms with Crippen LogP contribution in [-0.4, -0.2) is 27.5 Å². The van der Waals surface area contributed by atoms with Crippen molar-refractivity contribution >= 4 is 0 Å². The number of nitrogens with one attached hydrogen (secondary N) is 1. The van der Waals surface area contributed by atoms with Gasteiger partial charge in [-0.2, -0.15) is 5.10 Å². The summed E-state index contributed by atoms with van der Waals surface area (Å²) < 4.78 is 28.2. The van der Waals surface area contributed by atoms with E-state index in [-0.39, 0.29) is 24.2 Å². The first kappa shape index (κ1) is 15.6. The van der Waals surface area contributed by atoms with Crippen LogP contribution in [0.2, 0.25) is 0 Å². The van der Waals surface area contributed by atoms with Crippen LogP contribution >= 0.6 is 0 Å². The van der Waals surface area contributed by atoms with E-state index in [1.54, 1.807) is 6.20 Å². The van der Waals surface area contributed by atoms with Crippen molar-refractivity contribution in [3.8, 4) is 0 Å². The fraction of sp³-hybridized carbons (Fsp3) is 0.400. The minimum absolute atomic E-state index is 0.0306. The lowest BCUT2D eigenvalue weighted by Gasteiger charge is -2.23. The van der Waals surface area contributed by atoms with E-state index in [9.17, 15) is 13.9 Å². The largest absolute Gasteiger partial charge is 0.387 e. The molecule has 0 saturated heterocycles. The van der Waals surface area contributed by atoms with E-state index >= 15 is 0 Å². The molecule has 3 atom stereocenters. The topological polar surface area (TPSA) is 50.1 Å². The van der Waals surface area contributed by atoms with Crippen LogP contribution in [0.3, 0.4) is 0 Å². The summed E-state index contributed by atoms with van der Waals surface area (Å²) in [6.07, 6.45) is 2.53. The average molecular weight is 295 g/mol. The van der Waals surface area contributed by atoms with Crippen LogP contribution in [-0.2, 0) is 0 Å². The van der Waals surface area contributed by atoms with Gasteiger partial charge in [0.25, 0.3) is 0 Å². The quantitative estimate of drug-likeness (QED) is 0.860. The van der Waals surface area contributed by atoms with Crippen LogP contribution in [0, 0.1) is 11.6 Å². The van der Waals surface area contributed by atoms with E-state index in [0.29, 0.717) is 0 Å². The van der Waals surface area contributed by atoms with Crippen molar-refractivity contribution < 1.29 is 13.9 Å². The van der Waals surface area contributed by atoms with Crippen LogP contribution in [0.1, 0.15) is 31.6 Å². The summed E-state index contributed by atoms with van der Waals surface area (Å²) in [6, 6.07) is 5.13. The third-order valence-electron chi connectivity index (χ3n) is 3.62. The van der Waals surface area contributed by atoms with Gasteiger partial charge in [-0.25, -0.2) is 8.78 Å². The molecular formula is C15H19F2N3O. The van der Waals surface area contributed by atoms with Crippen LogP contribution in [0.4, 0.5) is 8.78 Å². The molecule has 0 spiro atoms. The first-order valence-corrected chi connectivity index (χ1v) is 6.84. The lowest BCUT2D eigenvalue weighted by Crippen LogP contribution is -2.36. The summed E-state index contributed by atoms with van der Waals surface area (Å²) in [5, 5.41) is 17.3. The molecule has 1 aromatic heterocycles. The van der Waals surface area contributed by atoms with Crippen molar-refractivity contribution in [2.75, 3.05) is 6.54 Å². The highest BCUT2D eigenvalue weighted by atomic mass is 19.1. The Morgan fingerprint density at radius 3 is 2.71 bits per heavy atom. The average Bonchev–Trinajstić information content (AvgIpc) is 2.97. The zero-order valence-electron chi connectivity index (χ0n) is 12.0. The Kier molecular flexibility index (Phi) is 5.03. The Labute approximate surface area is 122 Å². The van der Waals surface area contributed by atoms with Crippen LogP contribution in [0.15, 0.2) is 36.7 Å². The predicted molar refractivity (Wildman–Crippen MR) is 75.7 cm³/mol. The minimum atomic E-state index is -1.03. The standard InChI is InChI=1S/C15H19F2N3O/c1-10(11(2)20-7-3-6-19-20)18-9-15(21)13-5-4-12(16)8-14(13)17/h3-8,10-11,15,18,21H,9H2,1-2H3/t10-,11+,15-/m0/s1. The molecule has 4 nitrogen and oxygen atoms in total. The lowest BCUT2D eigenvalue weighted by atomic mass is 10.1. The molecule has 2 N–H and O–H groups in total. The molecule has 1 heterocycles. The molecule has 6 heteroatoms. The molecule has 21 heavy (non-hydrogen) atoms. The molecule has 2 rings (SSSR count). The van der Waals surface area contributed by atoms with Crippen molar-refractivity contribution in [1.82, 2.24) is 15.1 Å². The highest BCUT2D eigenvalue weighted by molar-refractivity contribution is 5.21. The van der Waals surface area contributed by atoms with Gasteiger partial charge in [0.05, 0.1) is 12.1 Å². The molecule has 0 bridgehead atoms. The molecule has 0 unspecified atom stereocenters. The van der Waals surface area contributed by atoms with Gasteiger partial charge in [0.15, 0.2) is 0 Å². The van der Waals surface area contributed by atoms with Crippen LogP contribution in [0.5, 0.6) is 0 Å². The number of rotatable bonds is 6. The lowest BCUT2D eigenvalue weighted by molar-refractivity contribution is 0.161. The van der Waals surface area contributed by atoms with Gasteiger partial charge in [-0.15, -0.1) is 0 Å². The van der Waals surface area contributed by atoms with Gasteiger partial charge in [0.1, 0.15) is 11.6 Å². The van der Waals surface area contributed by atoms with Crippen LogP contribution in [0.25, 0.3) is 0 Å². The fourth-order valence-electron chi connectivity index (χ4n) is 2.10. The van der Waals surface area contributed by atoms with E-state index in [4.69, 9.17) is 0 Å². The summed E-state index contributed by atoms with van der Waals surface area (Å²) in [4.78, 5) is 0. The van der Waals surface area contributed by atoms with Crippen molar-refractivity contribution in [3.05, 3.63) is 53.9 Å². The second-order valence-corrected chi connectivity index (χ2v) is 5.11. The zero-order chi connectivity index (χ0) is 15.4. The highest BCUT2D eigenvalue weighted by Gasteiger charge is 2.18. The second kappa shape index (κ2) is 6.78. The number of hydrogen-bond donors (Lipinski definition) is 2. The van der Waals surface area contributed by atoms with Gasteiger partial charge in [0, 0.05) is 36.6 Å². The van der Waals surface area contributed by atoms with Crippen molar-refractivity contribution in [2.45, 2.75) is 32.0 Å². The minimum Gasteiger partial charge on any atom is -0.387 e. The number of hydrogen-bond acceptors (Lipinski definition) is 3. The number of aliphatic hydroxyl groups excluding tert-OH is 1. The predicted octanol–water partition coefficient (Wildman–Crippen LogP) is 2.43. The van der Waals surface area contributed by atoms with Gasteiger partial charge in [-0.1, -0.05) is 6.07 Å². The molecule has 0 radical (unpaired) electrons. The summed E-state index contributed by atoms with van der Waals surface area (Å²) in [6.45, 7) is 4.13. The molecule has 0 aliphatic rings. The number of aromatic nitrogens is 2. The molecule has 0 aliphatic heterocycles. The smallest absolute Gasteiger partial charge is 0.131 e. The SMILES string of the molecule is C[C@H](NC[C@H](O)c1ccc(F)cc1F)[C@@H](C)n1cccn1. The highest BCUT2D eigenvalue weighted by Crippen LogP contribution is 2.18. The summed E-state index contributed by atoms with van der Waals surface area (Å²) >= 11 is 0.